The van der Waals surface area contributed by atoms with E-state index < -0.39 is 28.3 Å². The summed E-state index contributed by atoms with van der Waals surface area (Å²) in [5.41, 5.74) is 0.709. The minimum absolute atomic E-state index is 0.0214. The number of amides is 1. The zero-order chi connectivity index (χ0) is 19.3. The molecule has 0 aliphatic carbocycles. The third-order valence-corrected chi connectivity index (χ3v) is 5.59. The minimum atomic E-state index is -3.88. The molecule has 26 heavy (non-hydrogen) atoms. The predicted octanol–water partition coefficient (Wildman–Crippen LogP) is 1.97. The second kappa shape index (κ2) is 8.20. The predicted molar refractivity (Wildman–Crippen MR) is 94.5 cm³/mol. The first-order chi connectivity index (χ1) is 12.2. The zero-order valence-corrected chi connectivity index (χ0v) is 15.2. The number of halogens is 1. The van der Waals surface area contributed by atoms with E-state index in [1.54, 1.807) is 12.1 Å². The van der Waals surface area contributed by atoms with Gasteiger partial charge in [0.1, 0.15) is 5.82 Å². The maximum Gasteiger partial charge on any atom is 0.243 e. The Bertz CT molecular complexity index is 911. The van der Waals surface area contributed by atoms with E-state index in [0.717, 1.165) is 4.31 Å². The Morgan fingerprint density at radius 3 is 2.27 bits per heavy atom. The third-order valence-electron chi connectivity index (χ3n) is 3.77. The van der Waals surface area contributed by atoms with Crippen LogP contribution in [0, 0.1) is 5.82 Å². The van der Waals surface area contributed by atoms with Crippen LogP contribution in [0.3, 0.4) is 0 Å². The molecule has 0 heterocycles. The maximum atomic E-state index is 13.5. The average Bonchev–Trinajstić information content (AvgIpc) is 2.61. The van der Waals surface area contributed by atoms with Gasteiger partial charge in [0, 0.05) is 24.7 Å². The number of rotatable bonds is 7. The molecule has 0 spiro atoms. The molecular formula is C18H19FN2O4S. The van der Waals surface area contributed by atoms with Crippen LogP contribution in [0.25, 0.3) is 0 Å². The van der Waals surface area contributed by atoms with Gasteiger partial charge in [-0.1, -0.05) is 30.3 Å². The van der Waals surface area contributed by atoms with E-state index in [1.807, 2.05) is 0 Å². The lowest BCUT2D eigenvalue weighted by atomic mass is 10.2. The van der Waals surface area contributed by atoms with Crippen LogP contribution in [0.2, 0.25) is 0 Å². The summed E-state index contributed by atoms with van der Waals surface area (Å²) < 4.78 is 39.4. The highest BCUT2D eigenvalue weighted by atomic mass is 32.2. The number of sulfonamides is 1. The van der Waals surface area contributed by atoms with Crippen LogP contribution < -0.4 is 5.32 Å². The molecule has 0 aromatic heterocycles. The quantitative estimate of drug-likeness (QED) is 0.747. The summed E-state index contributed by atoms with van der Waals surface area (Å²) in [6.45, 7) is 0.938. The minimum Gasteiger partial charge on any atom is -0.351 e. The Morgan fingerprint density at radius 2 is 1.69 bits per heavy atom. The number of hydrogen-bond acceptors (Lipinski definition) is 4. The summed E-state index contributed by atoms with van der Waals surface area (Å²) >= 11 is 0. The van der Waals surface area contributed by atoms with Crippen molar-refractivity contribution in [1.82, 2.24) is 9.62 Å². The van der Waals surface area contributed by atoms with Gasteiger partial charge >= 0.3 is 0 Å². The fourth-order valence-electron chi connectivity index (χ4n) is 2.22. The summed E-state index contributed by atoms with van der Waals surface area (Å²) in [6, 6.07) is 11.5. The number of carbonyl (C=O) groups is 2. The fraction of sp³-hybridized carbons (Fsp3) is 0.222. The Labute approximate surface area is 151 Å². The number of carbonyl (C=O) groups excluding carboxylic acids is 2. The highest BCUT2D eigenvalue weighted by molar-refractivity contribution is 7.89. The number of Topliss-reactive ketones (excluding diaryl/α,β-unsaturated/α-hetero) is 1. The third kappa shape index (κ3) is 4.74. The van der Waals surface area contributed by atoms with Gasteiger partial charge in [-0.2, -0.15) is 4.31 Å². The van der Waals surface area contributed by atoms with E-state index in [-0.39, 0.29) is 17.2 Å². The van der Waals surface area contributed by atoms with Crippen molar-refractivity contribution in [3.63, 3.8) is 0 Å². The molecule has 0 fully saturated rings. The first-order valence-electron chi connectivity index (χ1n) is 7.79. The molecule has 0 radical (unpaired) electrons. The summed E-state index contributed by atoms with van der Waals surface area (Å²) in [7, 11) is -2.61. The normalized spacial score (nSPS) is 11.4. The van der Waals surface area contributed by atoms with E-state index in [1.165, 1.54) is 50.4 Å². The fourth-order valence-corrected chi connectivity index (χ4v) is 3.35. The van der Waals surface area contributed by atoms with Gasteiger partial charge in [0.05, 0.1) is 11.4 Å². The molecule has 0 saturated heterocycles. The lowest BCUT2D eigenvalue weighted by molar-refractivity contribution is -0.121. The molecule has 0 unspecified atom stereocenters. The standard InChI is InChI=1S/C18H19FN2O4S/c1-13(22)14-7-9-16(10-8-14)26(24,25)21(2)12-18(23)20-11-15-5-3-4-6-17(15)19/h3-10H,11-12H2,1-2H3,(H,20,23). The van der Waals surface area contributed by atoms with Gasteiger partial charge < -0.3 is 5.32 Å². The van der Waals surface area contributed by atoms with E-state index in [0.29, 0.717) is 11.1 Å². The smallest absolute Gasteiger partial charge is 0.243 e. The van der Waals surface area contributed by atoms with Gasteiger partial charge in [-0.15, -0.1) is 0 Å². The number of nitrogens with one attached hydrogen (secondary N) is 1. The van der Waals surface area contributed by atoms with E-state index in [4.69, 9.17) is 0 Å². The summed E-state index contributed by atoms with van der Waals surface area (Å²) in [6.07, 6.45) is 0. The number of hydrogen-bond donors (Lipinski definition) is 1. The number of nitrogens with zero attached hydrogens (tertiary/aromatic N) is 1. The van der Waals surface area contributed by atoms with E-state index in [9.17, 15) is 22.4 Å². The molecule has 1 amide bonds. The molecule has 0 atom stereocenters. The van der Waals surface area contributed by atoms with Crippen molar-refractivity contribution < 1.29 is 22.4 Å². The van der Waals surface area contributed by atoms with Gasteiger partial charge in [0.2, 0.25) is 15.9 Å². The lowest BCUT2D eigenvalue weighted by Crippen LogP contribution is -2.38. The summed E-state index contributed by atoms with van der Waals surface area (Å²) in [5.74, 6) is -1.17. The van der Waals surface area contributed by atoms with Gasteiger partial charge in [0.15, 0.2) is 5.78 Å². The topological polar surface area (TPSA) is 83.6 Å². The largest absolute Gasteiger partial charge is 0.351 e. The average molecular weight is 378 g/mol. The molecule has 0 bridgehead atoms. The number of benzene rings is 2. The van der Waals surface area contributed by atoms with Crippen molar-refractivity contribution >= 4 is 21.7 Å². The first kappa shape index (κ1) is 19.7. The molecular weight excluding hydrogens is 359 g/mol. The number of ketones is 1. The lowest BCUT2D eigenvalue weighted by Gasteiger charge is -2.17. The molecule has 0 aliphatic rings. The summed E-state index contributed by atoms with van der Waals surface area (Å²) in [4.78, 5) is 23.2. The Balaban J connectivity index is 2.00. The molecule has 2 rings (SSSR count). The zero-order valence-electron chi connectivity index (χ0n) is 14.4. The van der Waals surface area contributed by atoms with Crippen LogP contribution in [0.15, 0.2) is 53.4 Å². The van der Waals surface area contributed by atoms with Gasteiger partial charge in [-0.05, 0) is 25.1 Å². The molecule has 2 aromatic rings. The monoisotopic (exact) mass is 378 g/mol. The Morgan fingerprint density at radius 1 is 1.08 bits per heavy atom. The highest BCUT2D eigenvalue weighted by Gasteiger charge is 2.23. The molecule has 8 heteroatoms. The van der Waals surface area contributed by atoms with Crippen molar-refractivity contribution in [3.05, 3.63) is 65.5 Å². The summed E-state index contributed by atoms with van der Waals surface area (Å²) in [5, 5.41) is 2.49. The van der Waals surface area contributed by atoms with Gasteiger partial charge in [0.25, 0.3) is 0 Å². The molecule has 0 aliphatic heterocycles. The van der Waals surface area contributed by atoms with E-state index in [2.05, 4.69) is 5.32 Å². The molecule has 138 valence electrons. The van der Waals surface area contributed by atoms with Crippen molar-refractivity contribution in [3.8, 4) is 0 Å². The van der Waals surface area contributed by atoms with Crippen LogP contribution >= 0.6 is 0 Å². The van der Waals surface area contributed by atoms with Crippen molar-refractivity contribution in [2.24, 2.45) is 0 Å². The van der Waals surface area contributed by atoms with Crippen molar-refractivity contribution in [2.75, 3.05) is 13.6 Å². The molecule has 2 aromatic carbocycles. The van der Waals surface area contributed by atoms with Crippen LogP contribution in [-0.2, 0) is 21.4 Å². The van der Waals surface area contributed by atoms with E-state index >= 15 is 0 Å². The van der Waals surface area contributed by atoms with Gasteiger partial charge in [-0.3, -0.25) is 9.59 Å². The Hall–Kier alpha value is -2.58. The van der Waals surface area contributed by atoms with Crippen LogP contribution in [0.4, 0.5) is 4.39 Å². The molecule has 6 nitrogen and oxygen atoms in total. The van der Waals surface area contributed by atoms with Gasteiger partial charge in [-0.25, -0.2) is 12.8 Å². The number of likely N-dealkylation sites (N-methyl/N-ethyl adjacent to an activating group) is 1. The molecule has 1 N–H and O–H groups in total. The first-order valence-corrected chi connectivity index (χ1v) is 9.23. The van der Waals surface area contributed by atoms with Crippen LogP contribution in [0.5, 0.6) is 0 Å². The van der Waals surface area contributed by atoms with Crippen LogP contribution in [0.1, 0.15) is 22.8 Å². The second-order valence-corrected chi connectivity index (χ2v) is 7.75. The molecule has 0 saturated carbocycles. The highest BCUT2D eigenvalue weighted by Crippen LogP contribution is 2.15. The maximum absolute atomic E-state index is 13.5. The van der Waals surface area contributed by atoms with Crippen molar-refractivity contribution in [2.45, 2.75) is 18.4 Å². The van der Waals surface area contributed by atoms with Crippen molar-refractivity contribution in [1.29, 1.82) is 0 Å². The second-order valence-electron chi connectivity index (χ2n) is 5.71. The Kier molecular flexibility index (Phi) is 6.23. The SMILES string of the molecule is CC(=O)c1ccc(S(=O)(=O)N(C)CC(=O)NCc2ccccc2F)cc1. The van der Waals surface area contributed by atoms with Crippen LogP contribution in [-0.4, -0.2) is 38.0 Å².